The summed E-state index contributed by atoms with van der Waals surface area (Å²) < 4.78 is 37.2. The summed E-state index contributed by atoms with van der Waals surface area (Å²) in [6, 6.07) is 0.624. The molecule has 0 atom stereocenters. The minimum atomic E-state index is -1.76. The third-order valence-electron chi connectivity index (χ3n) is 1.22. The minimum absolute atomic E-state index is 0.312. The number of rotatable bonds is 1. The number of hydrogen-bond donors (Lipinski definition) is 1. The van der Waals surface area contributed by atoms with Gasteiger partial charge in [-0.05, 0) is 6.92 Å². The predicted molar refractivity (Wildman–Crippen MR) is 49.1 cm³/mol. The van der Waals surface area contributed by atoms with Crippen LogP contribution in [0, 0.1) is 17.5 Å². The average Bonchev–Trinajstić information content (AvgIpc) is 2.01. The number of hydrogen-bond acceptors (Lipinski definition) is 1. The van der Waals surface area contributed by atoms with Crippen LogP contribution in [0.3, 0.4) is 0 Å². The van der Waals surface area contributed by atoms with Crippen molar-refractivity contribution in [1.29, 1.82) is 0 Å². The Hall–Kier alpha value is -1.78. The van der Waals surface area contributed by atoms with Gasteiger partial charge in [0.05, 0.1) is 0 Å². The van der Waals surface area contributed by atoms with Gasteiger partial charge in [-0.3, -0.25) is 0 Å². The van der Waals surface area contributed by atoms with Crippen LogP contribution >= 0.6 is 0 Å². The molecule has 0 aliphatic carbocycles. The summed E-state index contributed by atoms with van der Waals surface area (Å²) in [5, 5.41) is 8.23. The van der Waals surface area contributed by atoms with Gasteiger partial charge in [0.15, 0.2) is 0 Å². The van der Waals surface area contributed by atoms with Crippen LogP contribution in [-0.2, 0) is 0 Å². The fraction of sp³-hybridized carbons (Fsp3) is 0.100. The summed E-state index contributed by atoms with van der Waals surface area (Å²) >= 11 is 0. The summed E-state index contributed by atoms with van der Waals surface area (Å²) in [6.07, 6.45) is 1.75. The average molecular weight is 218 g/mol. The van der Waals surface area contributed by atoms with Crippen LogP contribution in [0.25, 0.3) is 0 Å². The molecule has 0 saturated heterocycles. The first kappa shape index (κ1) is 13.2. The Bertz CT molecular complexity index is 352. The van der Waals surface area contributed by atoms with Crippen LogP contribution in [0.2, 0.25) is 0 Å². The molecule has 0 fully saturated rings. The van der Waals surface area contributed by atoms with E-state index in [2.05, 4.69) is 6.58 Å². The summed E-state index contributed by atoms with van der Waals surface area (Å²) in [4.78, 5) is 10.2. The third kappa shape index (κ3) is 3.84. The molecule has 0 bridgehead atoms. The number of aromatic carboxylic acids is 1. The van der Waals surface area contributed by atoms with E-state index in [-0.39, 0.29) is 0 Å². The second-order valence-electron chi connectivity index (χ2n) is 2.46. The van der Waals surface area contributed by atoms with E-state index in [4.69, 9.17) is 5.11 Å². The van der Waals surface area contributed by atoms with E-state index < -0.39 is 29.0 Å². The normalized spacial score (nSPS) is 8.80. The highest BCUT2D eigenvalue weighted by atomic mass is 19.1. The smallest absolute Gasteiger partial charge is 0.341 e. The van der Waals surface area contributed by atoms with E-state index in [0.29, 0.717) is 12.1 Å². The first-order valence-corrected chi connectivity index (χ1v) is 3.88. The fourth-order valence-electron chi connectivity index (χ4n) is 0.747. The van der Waals surface area contributed by atoms with E-state index in [1.165, 1.54) is 0 Å². The SMILES string of the molecule is C=CC.O=C(O)c1c(F)cc(F)cc1F. The van der Waals surface area contributed by atoms with E-state index in [9.17, 15) is 18.0 Å². The molecule has 0 amide bonds. The third-order valence-corrected chi connectivity index (χ3v) is 1.22. The van der Waals surface area contributed by atoms with E-state index in [1.54, 1.807) is 6.08 Å². The Morgan fingerprint density at radius 3 is 1.93 bits per heavy atom. The zero-order chi connectivity index (χ0) is 12.0. The molecule has 0 radical (unpaired) electrons. The Kier molecular flexibility index (Phi) is 5.15. The largest absolute Gasteiger partial charge is 0.477 e. The van der Waals surface area contributed by atoms with E-state index in [1.807, 2.05) is 6.92 Å². The molecule has 5 heteroatoms. The second kappa shape index (κ2) is 5.85. The van der Waals surface area contributed by atoms with Gasteiger partial charge >= 0.3 is 5.97 Å². The van der Waals surface area contributed by atoms with Crippen LogP contribution in [0.1, 0.15) is 17.3 Å². The van der Waals surface area contributed by atoms with Gasteiger partial charge in [-0.1, -0.05) is 6.08 Å². The molecule has 1 aromatic carbocycles. The van der Waals surface area contributed by atoms with Crippen molar-refractivity contribution in [3.8, 4) is 0 Å². The Morgan fingerprint density at radius 1 is 1.33 bits per heavy atom. The summed E-state index contributed by atoms with van der Waals surface area (Å²) in [5.74, 6) is -5.74. The molecule has 15 heavy (non-hydrogen) atoms. The highest BCUT2D eigenvalue weighted by molar-refractivity contribution is 5.88. The van der Waals surface area contributed by atoms with Crippen molar-refractivity contribution in [2.45, 2.75) is 6.92 Å². The Morgan fingerprint density at radius 2 is 1.67 bits per heavy atom. The highest BCUT2D eigenvalue weighted by Gasteiger charge is 2.17. The molecular formula is C10H9F3O2. The Labute approximate surface area is 84.7 Å². The minimum Gasteiger partial charge on any atom is -0.477 e. The van der Waals surface area contributed by atoms with Gasteiger partial charge in [-0.15, -0.1) is 6.58 Å². The van der Waals surface area contributed by atoms with Crippen LogP contribution in [0.15, 0.2) is 24.8 Å². The molecule has 0 saturated carbocycles. The van der Waals surface area contributed by atoms with Crippen LogP contribution in [-0.4, -0.2) is 11.1 Å². The van der Waals surface area contributed by atoms with Crippen molar-refractivity contribution >= 4 is 5.97 Å². The van der Waals surface area contributed by atoms with Crippen molar-refractivity contribution in [1.82, 2.24) is 0 Å². The van der Waals surface area contributed by atoms with Crippen molar-refractivity contribution in [2.24, 2.45) is 0 Å². The molecule has 1 rings (SSSR count). The first-order chi connectivity index (χ1) is 6.93. The molecule has 1 N–H and O–H groups in total. The van der Waals surface area contributed by atoms with Crippen LogP contribution < -0.4 is 0 Å². The van der Waals surface area contributed by atoms with Gasteiger partial charge in [0.2, 0.25) is 0 Å². The van der Waals surface area contributed by atoms with Gasteiger partial charge in [-0.2, -0.15) is 0 Å². The molecule has 0 aliphatic rings. The number of benzene rings is 1. The molecule has 0 spiro atoms. The quantitative estimate of drug-likeness (QED) is 0.735. The van der Waals surface area contributed by atoms with E-state index >= 15 is 0 Å². The summed E-state index contributed by atoms with van der Waals surface area (Å²) in [7, 11) is 0. The maximum Gasteiger partial charge on any atom is 0.341 e. The standard InChI is InChI=1S/C7H3F3O2.C3H6/c8-3-1-4(9)6(7(11)12)5(10)2-3;1-3-2/h1-2H,(H,11,12);3H,1H2,2H3. The number of carboxylic acid groups (broad SMARTS) is 1. The molecule has 82 valence electrons. The number of carbonyl (C=O) groups is 1. The topological polar surface area (TPSA) is 37.3 Å². The van der Waals surface area contributed by atoms with Gasteiger partial charge in [-0.25, -0.2) is 18.0 Å². The molecule has 2 nitrogen and oxygen atoms in total. The van der Waals surface area contributed by atoms with Crippen molar-refractivity contribution in [3.05, 3.63) is 47.8 Å². The zero-order valence-electron chi connectivity index (χ0n) is 7.93. The molecule has 0 aliphatic heterocycles. The van der Waals surface area contributed by atoms with Crippen molar-refractivity contribution in [2.75, 3.05) is 0 Å². The number of carboxylic acids is 1. The summed E-state index contributed by atoms with van der Waals surface area (Å²) in [6.45, 7) is 5.25. The van der Waals surface area contributed by atoms with Gasteiger partial charge in [0.25, 0.3) is 0 Å². The molecule has 1 aromatic rings. The monoisotopic (exact) mass is 218 g/mol. The maximum atomic E-state index is 12.5. The zero-order valence-corrected chi connectivity index (χ0v) is 7.93. The van der Waals surface area contributed by atoms with E-state index in [0.717, 1.165) is 0 Å². The molecule has 0 aromatic heterocycles. The molecule has 0 heterocycles. The van der Waals surface area contributed by atoms with Crippen LogP contribution in [0.4, 0.5) is 13.2 Å². The van der Waals surface area contributed by atoms with Gasteiger partial charge in [0, 0.05) is 12.1 Å². The maximum absolute atomic E-state index is 12.5. The lowest BCUT2D eigenvalue weighted by Gasteiger charge is -1.98. The molecule has 0 unspecified atom stereocenters. The van der Waals surface area contributed by atoms with Gasteiger partial charge < -0.3 is 5.11 Å². The lowest BCUT2D eigenvalue weighted by Crippen LogP contribution is -2.04. The van der Waals surface area contributed by atoms with Crippen molar-refractivity contribution in [3.63, 3.8) is 0 Å². The second-order valence-corrected chi connectivity index (χ2v) is 2.46. The first-order valence-electron chi connectivity index (χ1n) is 3.88. The van der Waals surface area contributed by atoms with Crippen LogP contribution in [0.5, 0.6) is 0 Å². The van der Waals surface area contributed by atoms with Gasteiger partial charge in [0.1, 0.15) is 23.0 Å². The number of allylic oxidation sites excluding steroid dienone is 1. The lowest BCUT2D eigenvalue weighted by atomic mass is 10.2. The summed E-state index contributed by atoms with van der Waals surface area (Å²) in [5.41, 5.74) is -1.14. The van der Waals surface area contributed by atoms with Crippen molar-refractivity contribution < 1.29 is 23.1 Å². The number of halogens is 3. The predicted octanol–water partition coefficient (Wildman–Crippen LogP) is 2.99. The lowest BCUT2D eigenvalue weighted by molar-refractivity contribution is 0.0686. The molecular weight excluding hydrogens is 209 g/mol. The Balaban J connectivity index is 0.000000583. The fourth-order valence-corrected chi connectivity index (χ4v) is 0.747. The highest BCUT2D eigenvalue weighted by Crippen LogP contribution is 2.14.